The molecule has 0 bridgehead atoms. The highest BCUT2D eigenvalue weighted by Crippen LogP contribution is 2.26. The molecule has 4 saturated heterocycles. The summed E-state index contributed by atoms with van der Waals surface area (Å²) in [7, 11) is 2.11. The van der Waals surface area contributed by atoms with Crippen molar-refractivity contribution in [1.82, 2.24) is 19.6 Å². The minimum absolute atomic E-state index is 0.0889. The van der Waals surface area contributed by atoms with E-state index < -0.39 is 0 Å². The van der Waals surface area contributed by atoms with E-state index in [2.05, 4.69) is 21.7 Å². The van der Waals surface area contributed by atoms with Gasteiger partial charge in [-0.15, -0.1) is 0 Å². The predicted molar refractivity (Wildman–Crippen MR) is 116 cm³/mol. The van der Waals surface area contributed by atoms with Gasteiger partial charge in [0.25, 0.3) is 0 Å². The molecule has 7 nitrogen and oxygen atoms in total. The molecule has 0 unspecified atom stereocenters. The van der Waals surface area contributed by atoms with Crippen LogP contribution in [-0.4, -0.2) is 110 Å². The Morgan fingerprint density at radius 2 is 1.37 bits per heavy atom. The van der Waals surface area contributed by atoms with E-state index in [1.54, 1.807) is 0 Å². The van der Waals surface area contributed by atoms with Crippen LogP contribution in [0.25, 0.3) is 0 Å². The molecule has 7 heteroatoms. The van der Waals surface area contributed by atoms with Gasteiger partial charge in [0.15, 0.2) is 0 Å². The van der Waals surface area contributed by atoms with Gasteiger partial charge in [0.1, 0.15) is 0 Å². The highest BCUT2D eigenvalue weighted by Gasteiger charge is 2.35. The van der Waals surface area contributed by atoms with Crippen molar-refractivity contribution >= 4 is 11.8 Å². The van der Waals surface area contributed by atoms with Crippen LogP contribution in [0, 0.1) is 5.92 Å². The second-order valence-electron chi connectivity index (χ2n) is 9.65. The maximum atomic E-state index is 13.1. The molecule has 4 aliphatic rings. The van der Waals surface area contributed by atoms with Crippen LogP contribution in [0.3, 0.4) is 0 Å². The molecular formula is C23H40N4O3. The van der Waals surface area contributed by atoms with Crippen LogP contribution in [0.1, 0.15) is 51.4 Å². The molecule has 0 N–H and O–H groups in total. The Labute approximate surface area is 181 Å². The van der Waals surface area contributed by atoms with Crippen molar-refractivity contribution in [3.05, 3.63) is 0 Å². The molecule has 170 valence electrons. The van der Waals surface area contributed by atoms with Gasteiger partial charge in [-0.05, 0) is 65.2 Å². The summed E-state index contributed by atoms with van der Waals surface area (Å²) < 4.78 is 5.38. The highest BCUT2D eigenvalue weighted by molar-refractivity contribution is 5.82. The molecule has 4 heterocycles. The lowest BCUT2D eigenvalue weighted by atomic mass is 9.92. The first-order valence-electron chi connectivity index (χ1n) is 12.2. The van der Waals surface area contributed by atoms with Crippen LogP contribution in [0.2, 0.25) is 0 Å². The van der Waals surface area contributed by atoms with Gasteiger partial charge in [-0.25, -0.2) is 0 Å². The number of likely N-dealkylation sites (tertiary alicyclic amines) is 3. The van der Waals surface area contributed by atoms with Crippen molar-refractivity contribution in [3.8, 4) is 0 Å². The molecule has 0 saturated carbocycles. The number of morpholine rings is 1. The summed E-state index contributed by atoms with van der Waals surface area (Å²) in [6.45, 7) is 7.72. The maximum Gasteiger partial charge on any atom is 0.239 e. The second-order valence-corrected chi connectivity index (χ2v) is 9.65. The minimum atomic E-state index is 0.0889. The fourth-order valence-corrected chi connectivity index (χ4v) is 5.78. The number of ether oxygens (including phenoxy) is 1. The third kappa shape index (κ3) is 5.17. The summed E-state index contributed by atoms with van der Waals surface area (Å²) in [5, 5.41) is 0. The molecule has 0 radical (unpaired) electrons. The Bertz CT molecular complexity index is 579. The summed E-state index contributed by atoms with van der Waals surface area (Å²) in [5.74, 6) is 0.880. The Balaban J connectivity index is 1.21. The van der Waals surface area contributed by atoms with Crippen molar-refractivity contribution in [2.24, 2.45) is 5.92 Å². The zero-order valence-corrected chi connectivity index (χ0v) is 18.8. The van der Waals surface area contributed by atoms with Crippen LogP contribution in [0.15, 0.2) is 0 Å². The van der Waals surface area contributed by atoms with Gasteiger partial charge in [0.05, 0.1) is 19.3 Å². The largest absolute Gasteiger partial charge is 0.378 e. The molecule has 4 rings (SSSR count). The molecule has 0 aromatic heterocycles. The zero-order valence-electron chi connectivity index (χ0n) is 18.8. The Kier molecular flexibility index (Phi) is 7.65. The molecule has 30 heavy (non-hydrogen) atoms. The summed E-state index contributed by atoms with van der Waals surface area (Å²) in [6.07, 6.45) is 8.75. The van der Waals surface area contributed by atoms with E-state index in [1.165, 1.54) is 19.3 Å². The molecule has 1 atom stereocenters. The van der Waals surface area contributed by atoms with Crippen LogP contribution >= 0.6 is 0 Å². The van der Waals surface area contributed by atoms with Gasteiger partial charge in [-0.1, -0.05) is 12.8 Å². The molecule has 4 aliphatic heterocycles. The number of hydrogen-bond acceptors (Lipinski definition) is 5. The normalized spacial score (nSPS) is 29.0. The second kappa shape index (κ2) is 10.4. The highest BCUT2D eigenvalue weighted by atomic mass is 16.5. The quantitative estimate of drug-likeness (QED) is 0.691. The van der Waals surface area contributed by atoms with E-state index in [1.807, 2.05) is 4.90 Å². The lowest BCUT2D eigenvalue weighted by molar-refractivity contribution is -0.142. The summed E-state index contributed by atoms with van der Waals surface area (Å²) in [6, 6.07) is 0.659. The van der Waals surface area contributed by atoms with E-state index in [-0.39, 0.29) is 12.0 Å². The fraction of sp³-hybridized carbons (Fsp3) is 0.913. The SMILES string of the molecule is CN1CCCCC[C@@H]1C(=O)N1CCC(N2CCC(C(=O)N3CCOCC3)CC2)CC1. The van der Waals surface area contributed by atoms with Crippen molar-refractivity contribution < 1.29 is 14.3 Å². The van der Waals surface area contributed by atoms with E-state index in [0.717, 1.165) is 77.9 Å². The van der Waals surface area contributed by atoms with Gasteiger partial charge in [-0.3, -0.25) is 14.5 Å². The molecule has 0 spiro atoms. The van der Waals surface area contributed by atoms with Gasteiger partial charge >= 0.3 is 0 Å². The molecule has 4 fully saturated rings. The predicted octanol–water partition coefficient (Wildman–Crippen LogP) is 1.42. The van der Waals surface area contributed by atoms with Crippen LogP contribution in [-0.2, 0) is 14.3 Å². The monoisotopic (exact) mass is 420 g/mol. The third-order valence-electron chi connectivity index (χ3n) is 7.80. The van der Waals surface area contributed by atoms with Gasteiger partial charge in [0.2, 0.25) is 11.8 Å². The van der Waals surface area contributed by atoms with Crippen molar-refractivity contribution in [3.63, 3.8) is 0 Å². The lowest BCUT2D eigenvalue weighted by Gasteiger charge is -2.43. The molecule has 0 aliphatic carbocycles. The average molecular weight is 421 g/mol. The topological polar surface area (TPSA) is 56.3 Å². The van der Waals surface area contributed by atoms with Crippen molar-refractivity contribution in [2.75, 3.05) is 66.1 Å². The first kappa shape index (κ1) is 22.0. The van der Waals surface area contributed by atoms with E-state index in [9.17, 15) is 9.59 Å². The number of likely N-dealkylation sites (N-methyl/N-ethyl adjacent to an activating group) is 1. The van der Waals surface area contributed by atoms with E-state index in [0.29, 0.717) is 31.1 Å². The number of piperidine rings is 2. The first-order chi connectivity index (χ1) is 14.6. The number of carbonyl (C=O) groups excluding carboxylic acids is 2. The third-order valence-corrected chi connectivity index (χ3v) is 7.80. The van der Waals surface area contributed by atoms with E-state index in [4.69, 9.17) is 4.74 Å². The standard InChI is InChI=1S/C23H40N4O3/c1-24-10-4-2-3-5-21(24)23(29)26-13-8-20(9-14-26)25-11-6-19(7-12-25)22(28)27-15-17-30-18-16-27/h19-21H,2-18H2,1H3/t21-/m1/s1. The Morgan fingerprint density at radius 1 is 0.700 bits per heavy atom. The van der Waals surface area contributed by atoms with Gasteiger partial charge < -0.3 is 19.4 Å². The van der Waals surface area contributed by atoms with Crippen molar-refractivity contribution in [2.45, 2.75) is 63.5 Å². The van der Waals surface area contributed by atoms with Crippen LogP contribution in [0.5, 0.6) is 0 Å². The smallest absolute Gasteiger partial charge is 0.239 e. The lowest BCUT2D eigenvalue weighted by Crippen LogP contribution is -2.54. The Hall–Kier alpha value is -1.18. The van der Waals surface area contributed by atoms with Crippen molar-refractivity contribution in [1.29, 1.82) is 0 Å². The number of amides is 2. The number of rotatable bonds is 3. The van der Waals surface area contributed by atoms with Crippen LogP contribution < -0.4 is 0 Å². The summed E-state index contributed by atoms with van der Waals surface area (Å²) in [4.78, 5) is 34.8. The number of hydrogen-bond donors (Lipinski definition) is 0. The zero-order chi connectivity index (χ0) is 20.9. The molecular weight excluding hydrogens is 380 g/mol. The number of nitrogens with zero attached hydrogens (tertiary/aromatic N) is 4. The van der Waals surface area contributed by atoms with Crippen LogP contribution in [0.4, 0.5) is 0 Å². The molecule has 2 amide bonds. The maximum absolute atomic E-state index is 13.1. The first-order valence-corrected chi connectivity index (χ1v) is 12.2. The Morgan fingerprint density at radius 3 is 2.07 bits per heavy atom. The summed E-state index contributed by atoms with van der Waals surface area (Å²) in [5.41, 5.74) is 0. The van der Waals surface area contributed by atoms with E-state index >= 15 is 0 Å². The van der Waals surface area contributed by atoms with Gasteiger partial charge in [-0.2, -0.15) is 0 Å². The molecule has 0 aromatic rings. The fourth-order valence-electron chi connectivity index (χ4n) is 5.78. The number of carbonyl (C=O) groups is 2. The minimum Gasteiger partial charge on any atom is -0.378 e. The molecule has 0 aromatic carbocycles. The summed E-state index contributed by atoms with van der Waals surface area (Å²) >= 11 is 0. The van der Waals surface area contributed by atoms with Gasteiger partial charge in [0, 0.05) is 38.1 Å². The average Bonchev–Trinajstić information content (AvgIpc) is 3.03.